The molecule has 1 aromatic heterocycles. The van der Waals surface area contributed by atoms with E-state index in [0.717, 1.165) is 51.4 Å². The van der Waals surface area contributed by atoms with E-state index < -0.39 is 0 Å². The normalized spacial score (nSPS) is 20.0. The molecule has 0 amide bonds. The number of piperazine rings is 1. The van der Waals surface area contributed by atoms with Crippen molar-refractivity contribution in [1.82, 2.24) is 10.2 Å². The van der Waals surface area contributed by atoms with Crippen LogP contribution in [0.5, 0.6) is 0 Å². The Labute approximate surface area is 168 Å². The van der Waals surface area contributed by atoms with Gasteiger partial charge in [-0.2, -0.15) is 0 Å². The van der Waals surface area contributed by atoms with E-state index >= 15 is 0 Å². The zero-order valence-electron chi connectivity index (χ0n) is 15.7. The first-order chi connectivity index (χ1) is 13.6. The molecule has 8 heteroatoms. The van der Waals surface area contributed by atoms with Crippen LogP contribution in [-0.4, -0.2) is 54.4 Å². The molecule has 1 fully saturated rings. The maximum absolute atomic E-state index is 12.6. The number of non-ortho nitro benzene ring substituents is 1. The molecule has 0 spiro atoms. The lowest BCUT2D eigenvalue weighted by molar-refractivity contribution is -0.384. The number of anilines is 1. The van der Waals surface area contributed by atoms with E-state index in [-0.39, 0.29) is 16.7 Å². The lowest BCUT2D eigenvalue weighted by Gasteiger charge is -2.36. The number of benzene rings is 1. The molecule has 2 aromatic rings. The zero-order valence-corrected chi connectivity index (χ0v) is 16.5. The van der Waals surface area contributed by atoms with Crippen molar-refractivity contribution in [3.8, 4) is 0 Å². The molecule has 4 rings (SSSR count). The van der Waals surface area contributed by atoms with Gasteiger partial charge in [-0.25, -0.2) is 0 Å². The summed E-state index contributed by atoms with van der Waals surface area (Å²) in [6.45, 7) is 5.13. The molecule has 0 aliphatic carbocycles. The zero-order chi connectivity index (χ0) is 19.5. The molecule has 1 unspecified atom stereocenters. The number of ketones is 1. The highest BCUT2D eigenvalue weighted by atomic mass is 32.1. The molecular formula is C20H24N4O3S. The minimum atomic E-state index is -0.376. The van der Waals surface area contributed by atoms with Crippen molar-refractivity contribution in [1.29, 1.82) is 0 Å². The summed E-state index contributed by atoms with van der Waals surface area (Å²) < 4.78 is 0. The van der Waals surface area contributed by atoms with Gasteiger partial charge in [-0.3, -0.25) is 19.8 Å². The standard InChI is InChI=1S/C20H24N4O3S/c25-19(18-13-15-6-12-28-20(15)14-21-18)5-7-22-8-10-23(11-9-22)16-1-3-17(4-2-16)24(26)27/h1-4,6,12,18,21H,5,7-11,13-14H2. The Morgan fingerprint density at radius 1 is 1.18 bits per heavy atom. The molecule has 1 atom stereocenters. The van der Waals surface area contributed by atoms with E-state index in [0.29, 0.717) is 12.2 Å². The number of nitrogens with one attached hydrogen (secondary N) is 1. The molecule has 2 aliphatic rings. The van der Waals surface area contributed by atoms with Gasteiger partial charge in [0.25, 0.3) is 5.69 Å². The average molecular weight is 401 g/mol. The Balaban J connectivity index is 1.22. The van der Waals surface area contributed by atoms with Gasteiger partial charge in [0.2, 0.25) is 0 Å². The Bertz CT molecular complexity index is 843. The second kappa shape index (κ2) is 8.38. The number of carbonyl (C=O) groups excluding carboxylic acids is 1. The van der Waals surface area contributed by atoms with Crippen LogP contribution in [0.3, 0.4) is 0 Å². The molecule has 7 nitrogen and oxygen atoms in total. The van der Waals surface area contributed by atoms with E-state index in [1.54, 1.807) is 23.5 Å². The predicted octanol–water partition coefficient (Wildman–Crippen LogP) is 2.45. The number of rotatable bonds is 6. The number of Topliss-reactive ketones (excluding diaryl/α,β-unsaturated/α-hetero) is 1. The van der Waals surface area contributed by atoms with Gasteiger partial charge in [-0.1, -0.05) is 0 Å². The molecule has 1 N–H and O–H groups in total. The summed E-state index contributed by atoms with van der Waals surface area (Å²) in [6, 6.07) is 8.81. The molecule has 0 bridgehead atoms. The molecule has 0 radical (unpaired) electrons. The number of fused-ring (bicyclic) bond motifs is 1. The third kappa shape index (κ3) is 4.24. The van der Waals surface area contributed by atoms with Gasteiger partial charge in [0.15, 0.2) is 5.78 Å². The van der Waals surface area contributed by atoms with E-state index in [1.165, 1.54) is 10.4 Å². The van der Waals surface area contributed by atoms with Gasteiger partial charge < -0.3 is 10.2 Å². The maximum Gasteiger partial charge on any atom is 0.269 e. The van der Waals surface area contributed by atoms with Crippen LogP contribution in [0.15, 0.2) is 35.7 Å². The number of nitro groups is 1. The van der Waals surface area contributed by atoms with Crippen molar-refractivity contribution in [3.63, 3.8) is 0 Å². The summed E-state index contributed by atoms with van der Waals surface area (Å²) >= 11 is 1.76. The van der Waals surface area contributed by atoms with E-state index in [4.69, 9.17) is 0 Å². The van der Waals surface area contributed by atoms with Crippen LogP contribution in [-0.2, 0) is 17.8 Å². The average Bonchev–Trinajstić information content (AvgIpc) is 3.20. The van der Waals surface area contributed by atoms with Gasteiger partial charge in [0, 0.05) is 68.4 Å². The quantitative estimate of drug-likeness (QED) is 0.593. The molecule has 0 saturated carbocycles. The lowest BCUT2D eigenvalue weighted by atomic mass is 9.97. The number of nitro benzene ring substituents is 1. The number of thiophene rings is 1. The summed E-state index contributed by atoms with van der Waals surface area (Å²) in [5, 5.41) is 16.3. The third-order valence-corrected chi connectivity index (χ3v) is 6.60. The largest absolute Gasteiger partial charge is 0.369 e. The summed E-state index contributed by atoms with van der Waals surface area (Å²) in [5.74, 6) is 0.301. The molecule has 28 heavy (non-hydrogen) atoms. The second-order valence-electron chi connectivity index (χ2n) is 7.33. The predicted molar refractivity (Wildman–Crippen MR) is 110 cm³/mol. The molecule has 1 saturated heterocycles. The molecule has 2 aliphatic heterocycles. The molecular weight excluding hydrogens is 376 g/mol. The van der Waals surface area contributed by atoms with E-state index in [9.17, 15) is 14.9 Å². The fraction of sp³-hybridized carbons (Fsp3) is 0.450. The summed E-state index contributed by atoms with van der Waals surface area (Å²) in [5.41, 5.74) is 2.45. The van der Waals surface area contributed by atoms with Gasteiger partial charge >= 0.3 is 0 Å². The second-order valence-corrected chi connectivity index (χ2v) is 8.33. The smallest absolute Gasteiger partial charge is 0.269 e. The first-order valence-corrected chi connectivity index (χ1v) is 10.5. The van der Waals surface area contributed by atoms with E-state index in [2.05, 4.69) is 26.6 Å². The SMILES string of the molecule is O=C(CCN1CCN(c2ccc([N+](=O)[O-])cc2)CC1)C1Cc2ccsc2CN1. The monoisotopic (exact) mass is 400 g/mol. The number of carbonyl (C=O) groups is 1. The van der Waals surface area contributed by atoms with Gasteiger partial charge in [0.1, 0.15) is 0 Å². The van der Waals surface area contributed by atoms with Crippen LogP contribution in [0, 0.1) is 10.1 Å². The molecule has 148 valence electrons. The Kier molecular flexibility index (Phi) is 5.70. The fourth-order valence-corrected chi connectivity index (χ4v) is 4.76. The van der Waals surface area contributed by atoms with Crippen molar-refractivity contribution >= 4 is 28.5 Å². The number of hydrogen-bond donors (Lipinski definition) is 1. The molecule has 3 heterocycles. The van der Waals surface area contributed by atoms with Crippen LogP contribution in [0.1, 0.15) is 16.9 Å². The van der Waals surface area contributed by atoms with Crippen molar-refractivity contribution in [3.05, 3.63) is 56.3 Å². The van der Waals surface area contributed by atoms with Gasteiger partial charge in [-0.05, 0) is 35.6 Å². The molecule has 1 aromatic carbocycles. The lowest BCUT2D eigenvalue weighted by Crippen LogP contribution is -2.48. The van der Waals surface area contributed by atoms with Crippen LogP contribution in [0.2, 0.25) is 0 Å². The highest BCUT2D eigenvalue weighted by molar-refractivity contribution is 7.10. The van der Waals surface area contributed by atoms with Crippen LogP contribution in [0.4, 0.5) is 11.4 Å². The Morgan fingerprint density at radius 2 is 1.93 bits per heavy atom. The van der Waals surface area contributed by atoms with Crippen LogP contribution in [0.25, 0.3) is 0 Å². The minimum absolute atomic E-state index is 0.0523. The maximum atomic E-state index is 12.6. The highest BCUT2D eigenvalue weighted by Crippen LogP contribution is 2.23. The Morgan fingerprint density at radius 3 is 2.64 bits per heavy atom. The topological polar surface area (TPSA) is 78.7 Å². The summed E-state index contributed by atoms with van der Waals surface area (Å²) in [4.78, 5) is 28.9. The van der Waals surface area contributed by atoms with Crippen molar-refractivity contribution in [2.75, 3.05) is 37.6 Å². The first kappa shape index (κ1) is 19.0. The highest BCUT2D eigenvalue weighted by Gasteiger charge is 2.25. The third-order valence-electron chi connectivity index (χ3n) is 5.63. The van der Waals surface area contributed by atoms with E-state index in [1.807, 2.05) is 12.1 Å². The summed E-state index contributed by atoms with van der Waals surface area (Å²) in [7, 11) is 0. The first-order valence-electron chi connectivity index (χ1n) is 9.63. The van der Waals surface area contributed by atoms with Crippen molar-refractivity contribution in [2.45, 2.75) is 25.4 Å². The number of hydrogen-bond acceptors (Lipinski definition) is 7. The fourth-order valence-electron chi connectivity index (χ4n) is 3.90. The number of nitrogens with zero attached hydrogens (tertiary/aromatic N) is 3. The van der Waals surface area contributed by atoms with Crippen molar-refractivity contribution < 1.29 is 9.72 Å². The summed E-state index contributed by atoms with van der Waals surface area (Å²) in [6.07, 6.45) is 1.39. The van der Waals surface area contributed by atoms with Gasteiger partial charge in [0.05, 0.1) is 11.0 Å². The Hall–Kier alpha value is -2.29. The van der Waals surface area contributed by atoms with Crippen LogP contribution >= 0.6 is 11.3 Å². The van der Waals surface area contributed by atoms with Crippen molar-refractivity contribution in [2.24, 2.45) is 0 Å². The van der Waals surface area contributed by atoms with Crippen LogP contribution < -0.4 is 10.2 Å². The minimum Gasteiger partial charge on any atom is -0.369 e. The van der Waals surface area contributed by atoms with Gasteiger partial charge in [-0.15, -0.1) is 11.3 Å².